The Bertz CT molecular complexity index is 972. The van der Waals surface area contributed by atoms with Gasteiger partial charge in [0.25, 0.3) is 5.91 Å². The molecule has 10 heteroatoms. The van der Waals surface area contributed by atoms with E-state index in [2.05, 4.69) is 0 Å². The quantitative estimate of drug-likeness (QED) is 0.512. The van der Waals surface area contributed by atoms with E-state index in [1.165, 1.54) is 17.0 Å². The van der Waals surface area contributed by atoms with Gasteiger partial charge in [0.1, 0.15) is 17.5 Å². The standard InChI is InChI=1S/C23H32BFN2O6/c1-21(2,3)31-17(28)11-10-16(19(26)29)27-12-14-13(20(27)30)8-9-15(18(14)25)24-32-22(4,5)23(6,7)33-24/h8-9,16H,10-12H2,1-7H3,(H2,26,29). The Hall–Kier alpha value is -2.46. The number of halogens is 1. The van der Waals surface area contributed by atoms with Gasteiger partial charge in [-0.3, -0.25) is 14.4 Å². The zero-order valence-electron chi connectivity index (χ0n) is 20.3. The van der Waals surface area contributed by atoms with E-state index in [9.17, 15) is 14.4 Å². The number of nitrogens with two attached hydrogens (primary N) is 1. The minimum absolute atomic E-state index is 0.0182. The smallest absolute Gasteiger partial charge is 0.460 e. The van der Waals surface area contributed by atoms with Gasteiger partial charge in [-0.05, 0) is 61.0 Å². The van der Waals surface area contributed by atoms with E-state index in [4.69, 9.17) is 19.8 Å². The van der Waals surface area contributed by atoms with E-state index >= 15 is 4.39 Å². The summed E-state index contributed by atoms with van der Waals surface area (Å²) in [6, 6.07) is 1.90. The van der Waals surface area contributed by atoms with Crippen LogP contribution in [0, 0.1) is 5.82 Å². The fraction of sp³-hybridized carbons (Fsp3) is 0.609. The summed E-state index contributed by atoms with van der Waals surface area (Å²) < 4.78 is 32.7. The molecule has 0 saturated carbocycles. The minimum Gasteiger partial charge on any atom is -0.460 e. The largest absolute Gasteiger partial charge is 0.497 e. The average Bonchev–Trinajstić information content (AvgIpc) is 3.07. The molecule has 8 nitrogen and oxygen atoms in total. The molecule has 1 fully saturated rings. The molecule has 1 aromatic carbocycles. The number of fused-ring (bicyclic) bond motifs is 1. The normalized spacial score (nSPS) is 20.1. The first kappa shape index (κ1) is 25.2. The summed E-state index contributed by atoms with van der Waals surface area (Å²) in [5.41, 5.74) is 4.05. The third kappa shape index (κ3) is 4.91. The number of amides is 2. The maximum Gasteiger partial charge on any atom is 0.497 e. The SMILES string of the molecule is CC(C)(C)OC(=O)CCC(C(N)=O)N1Cc2c(ccc(B3OC(C)(C)C(C)(C)O3)c2F)C1=O. The van der Waals surface area contributed by atoms with Crippen molar-refractivity contribution in [1.82, 2.24) is 4.90 Å². The number of carbonyl (C=O) groups excluding carboxylic acids is 3. The Balaban J connectivity index is 1.81. The maximum absolute atomic E-state index is 15.5. The molecule has 2 amide bonds. The van der Waals surface area contributed by atoms with Crippen molar-refractivity contribution in [2.24, 2.45) is 5.73 Å². The summed E-state index contributed by atoms with van der Waals surface area (Å²) in [5.74, 6) is -2.41. The summed E-state index contributed by atoms with van der Waals surface area (Å²) in [6.07, 6.45) is -0.123. The lowest BCUT2D eigenvalue weighted by atomic mass is 9.77. The van der Waals surface area contributed by atoms with Gasteiger partial charge in [-0.2, -0.15) is 0 Å². The lowest BCUT2D eigenvalue weighted by Crippen LogP contribution is -2.45. The summed E-state index contributed by atoms with van der Waals surface area (Å²) in [4.78, 5) is 38.4. The Kier molecular flexibility index (Phi) is 6.41. The molecular weight excluding hydrogens is 430 g/mol. The third-order valence-electron chi connectivity index (χ3n) is 6.35. The first-order chi connectivity index (χ1) is 15.0. The number of hydrogen-bond acceptors (Lipinski definition) is 6. The lowest BCUT2D eigenvalue weighted by Gasteiger charge is -2.32. The highest BCUT2D eigenvalue weighted by Crippen LogP contribution is 2.37. The summed E-state index contributed by atoms with van der Waals surface area (Å²) in [5, 5.41) is 0. The number of esters is 1. The Morgan fingerprint density at radius 3 is 2.30 bits per heavy atom. The molecule has 3 rings (SSSR count). The fourth-order valence-corrected chi connectivity index (χ4v) is 3.89. The van der Waals surface area contributed by atoms with Crippen molar-refractivity contribution in [1.29, 1.82) is 0 Å². The number of benzene rings is 1. The molecule has 33 heavy (non-hydrogen) atoms. The molecule has 0 aliphatic carbocycles. The molecule has 0 spiro atoms. The second-order valence-corrected chi connectivity index (χ2v) is 10.6. The van der Waals surface area contributed by atoms with Crippen molar-refractivity contribution in [2.75, 3.05) is 0 Å². The van der Waals surface area contributed by atoms with Gasteiger partial charge in [0, 0.05) is 23.0 Å². The van der Waals surface area contributed by atoms with E-state index in [0.717, 1.165) is 0 Å². The number of hydrogen-bond donors (Lipinski definition) is 1. The Labute approximate surface area is 194 Å². The van der Waals surface area contributed by atoms with Crippen LogP contribution in [0.3, 0.4) is 0 Å². The van der Waals surface area contributed by atoms with Crippen LogP contribution in [0.2, 0.25) is 0 Å². The molecule has 2 aliphatic rings. The van der Waals surface area contributed by atoms with Crippen LogP contribution in [0.5, 0.6) is 0 Å². The highest BCUT2D eigenvalue weighted by Gasteiger charge is 2.53. The molecule has 0 radical (unpaired) electrons. The second kappa shape index (κ2) is 8.40. The van der Waals surface area contributed by atoms with Gasteiger partial charge >= 0.3 is 13.1 Å². The Morgan fingerprint density at radius 2 is 1.79 bits per heavy atom. The van der Waals surface area contributed by atoms with Gasteiger partial charge in [-0.25, -0.2) is 4.39 Å². The molecule has 1 aromatic rings. The van der Waals surface area contributed by atoms with Crippen molar-refractivity contribution in [3.8, 4) is 0 Å². The zero-order valence-corrected chi connectivity index (χ0v) is 20.3. The predicted molar refractivity (Wildman–Crippen MR) is 120 cm³/mol. The fourth-order valence-electron chi connectivity index (χ4n) is 3.89. The number of primary amides is 1. The van der Waals surface area contributed by atoms with Gasteiger partial charge < -0.3 is 24.7 Å². The Morgan fingerprint density at radius 1 is 1.21 bits per heavy atom. The predicted octanol–water partition coefficient (Wildman–Crippen LogP) is 2.06. The van der Waals surface area contributed by atoms with E-state index in [1.54, 1.807) is 20.8 Å². The lowest BCUT2D eigenvalue weighted by molar-refractivity contribution is -0.155. The number of rotatable bonds is 6. The van der Waals surface area contributed by atoms with E-state index in [-0.39, 0.29) is 36.0 Å². The van der Waals surface area contributed by atoms with Crippen LogP contribution in [0.15, 0.2) is 12.1 Å². The molecule has 2 heterocycles. The maximum atomic E-state index is 15.5. The van der Waals surface area contributed by atoms with Crippen LogP contribution in [0.25, 0.3) is 0 Å². The second-order valence-electron chi connectivity index (χ2n) is 10.6. The zero-order chi connectivity index (χ0) is 24.9. The molecule has 2 aliphatic heterocycles. The third-order valence-corrected chi connectivity index (χ3v) is 6.35. The van der Waals surface area contributed by atoms with Crippen molar-refractivity contribution >= 4 is 30.4 Å². The van der Waals surface area contributed by atoms with Crippen LogP contribution >= 0.6 is 0 Å². The molecule has 180 valence electrons. The van der Waals surface area contributed by atoms with Crippen LogP contribution < -0.4 is 11.2 Å². The van der Waals surface area contributed by atoms with Crippen molar-refractivity contribution in [2.45, 2.75) is 90.7 Å². The molecule has 2 N–H and O–H groups in total. The van der Waals surface area contributed by atoms with Gasteiger partial charge in [-0.1, -0.05) is 6.07 Å². The van der Waals surface area contributed by atoms with Gasteiger partial charge in [0.15, 0.2) is 0 Å². The monoisotopic (exact) mass is 462 g/mol. The van der Waals surface area contributed by atoms with Crippen LogP contribution in [0.1, 0.15) is 77.2 Å². The highest BCUT2D eigenvalue weighted by atomic mass is 19.1. The van der Waals surface area contributed by atoms with E-state index in [0.29, 0.717) is 0 Å². The first-order valence-corrected chi connectivity index (χ1v) is 11.0. The van der Waals surface area contributed by atoms with Crippen molar-refractivity contribution in [3.63, 3.8) is 0 Å². The van der Waals surface area contributed by atoms with E-state index in [1.807, 2.05) is 27.7 Å². The molecule has 0 bridgehead atoms. The molecular formula is C23H32BFN2O6. The summed E-state index contributed by atoms with van der Waals surface area (Å²) >= 11 is 0. The first-order valence-electron chi connectivity index (χ1n) is 11.0. The molecule has 1 unspecified atom stereocenters. The number of nitrogens with zero attached hydrogens (tertiary/aromatic N) is 1. The van der Waals surface area contributed by atoms with Crippen molar-refractivity contribution in [3.05, 3.63) is 29.1 Å². The summed E-state index contributed by atoms with van der Waals surface area (Å²) in [6.45, 7) is 12.5. The number of ether oxygens (including phenoxy) is 1. The highest BCUT2D eigenvalue weighted by molar-refractivity contribution is 6.62. The molecule has 0 aromatic heterocycles. The van der Waals surface area contributed by atoms with E-state index < -0.39 is 53.6 Å². The van der Waals surface area contributed by atoms with Gasteiger partial charge in [-0.15, -0.1) is 0 Å². The molecule has 1 atom stereocenters. The van der Waals surface area contributed by atoms with Crippen molar-refractivity contribution < 1.29 is 32.8 Å². The van der Waals surface area contributed by atoms with Crippen LogP contribution in [-0.2, 0) is 30.2 Å². The van der Waals surface area contributed by atoms with Gasteiger partial charge in [0.2, 0.25) is 5.91 Å². The van der Waals surface area contributed by atoms with Gasteiger partial charge in [0.05, 0.1) is 17.7 Å². The number of carbonyl (C=O) groups is 3. The van der Waals surface area contributed by atoms with Crippen LogP contribution in [-0.4, -0.2) is 52.6 Å². The van der Waals surface area contributed by atoms with Crippen LogP contribution in [0.4, 0.5) is 4.39 Å². The summed E-state index contributed by atoms with van der Waals surface area (Å²) in [7, 11) is -0.927. The topological polar surface area (TPSA) is 108 Å². The average molecular weight is 462 g/mol. The molecule has 1 saturated heterocycles. The minimum atomic E-state index is -1.07.